The van der Waals surface area contributed by atoms with Gasteiger partial charge in [-0.25, -0.2) is 4.98 Å². The molecule has 0 saturated heterocycles. The van der Waals surface area contributed by atoms with Crippen LogP contribution in [0.2, 0.25) is 0 Å². The van der Waals surface area contributed by atoms with Crippen molar-refractivity contribution in [2.75, 3.05) is 5.32 Å². The molecule has 0 bridgehead atoms. The number of aromatic nitrogens is 2. The fourth-order valence-corrected chi connectivity index (χ4v) is 2.10. The van der Waals surface area contributed by atoms with Crippen molar-refractivity contribution in [1.82, 2.24) is 9.55 Å². The number of fused-ring (bicyclic) bond motifs is 1. The summed E-state index contributed by atoms with van der Waals surface area (Å²) in [5, 5.41) is 11.8. The third-order valence-corrected chi connectivity index (χ3v) is 3.11. The molecule has 6 heteroatoms. The third-order valence-electron chi connectivity index (χ3n) is 3.11. The third kappa shape index (κ3) is 2.74. The lowest BCUT2D eigenvalue weighted by atomic mass is 10.2. The molecule has 0 aliphatic carbocycles. The maximum atomic E-state index is 8.83. The van der Waals surface area contributed by atoms with Gasteiger partial charge in [-0.3, -0.25) is 0 Å². The van der Waals surface area contributed by atoms with Crippen molar-refractivity contribution in [3.8, 4) is 11.9 Å². The maximum absolute atomic E-state index is 8.83. The first kappa shape index (κ1) is 13.6. The molecule has 1 heterocycles. The van der Waals surface area contributed by atoms with E-state index in [4.69, 9.17) is 10.00 Å². The number of nitrogens with zero attached hydrogens (tertiary/aromatic N) is 4. The van der Waals surface area contributed by atoms with Gasteiger partial charge in [0.15, 0.2) is 0 Å². The van der Waals surface area contributed by atoms with Crippen LogP contribution in [0.1, 0.15) is 0 Å². The first-order valence-electron chi connectivity index (χ1n) is 6.64. The Morgan fingerprint density at radius 3 is 2.82 bits per heavy atom. The van der Waals surface area contributed by atoms with Crippen molar-refractivity contribution in [2.24, 2.45) is 12.0 Å². The molecule has 22 heavy (non-hydrogen) atoms. The number of rotatable bonds is 2. The van der Waals surface area contributed by atoms with Crippen LogP contribution in [-0.4, -0.2) is 15.6 Å². The van der Waals surface area contributed by atoms with Gasteiger partial charge in [0, 0.05) is 7.05 Å². The molecule has 1 aromatic heterocycles. The van der Waals surface area contributed by atoms with Crippen LogP contribution in [0.4, 0.5) is 5.69 Å². The number of nitriles is 1. The summed E-state index contributed by atoms with van der Waals surface area (Å²) >= 11 is 0. The highest BCUT2D eigenvalue weighted by atomic mass is 16.5. The fourth-order valence-electron chi connectivity index (χ4n) is 2.10. The highest BCUT2D eigenvalue weighted by Gasteiger charge is 2.09. The normalized spacial score (nSPS) is 11.2. The van der Waals surface area contributed by atoms with Crippen LogP contribution in [0.3, 0.4) is 0 Å². The summed E-state index contributed by atoms with van der Waals surface area (Å²) in [4.78, 5) is 8.03. The van der Waals surface area contributed by atoms with E-state index in [-0.39, 0.29) is 6.02 Å². The summed E-state index contributed by atoms with van der Waals surface area (Å²) in [6, 6.07) is 15.0. The van der Waals surface area contributed by atoms with Crippen molar-refractivity contribution in [3.63, 3.8) is 0 Å². The number of hydrogen-bond acceptors (Lipinski definition) is 4. The second-order valence-electron chi connectivity index (χ2n) is 4.59. The van der Waals surface area contributed by atoms with Gasteiger partial charge in [0.2, 0.25) is 6.19 Å². The summed E-state index contributed by atoms with van der Waals surface area (Å²) in [5.74, 6) is 0.595. The Bertz CT molecular complexity index is 861. The highest BCUT2D eigenvalue weighted by Crippen LogP contribution is 2.21. The standard InChI is InChI=1S/C16H13N5O/c1-21-11-19-15-13(8-5-9-14(15)21)20-16(18-10-17)22-12-6-3-2-4-7-12/h2-9,11H,1H3,(H,18,20). The second kappa shape index (κ2) is 5.97. The minimum absolute atomic E-state index is 0.104. The van der Waals surface area contributed by atoms with Crippen molar-refractivity contribution in [2.45, 2.75) is 0 Å². The predicted molar refractivity (Wildman–Crippen MR) is 84.5 cm³/mol. The van der Waals surface area contributed by atoms with Gasteiger partial charge in [-0.05, 0) is 24.3 Å². The number of para-hydroxylation sites is 2. The molecule has 0 unspecified atom stereocenters. The highest BCUT2D eigenvalue weighted by molar-refractivity contribution is 5.99. The van der Waals surface area contributed by atoms with Gasteiger partial charge < -0.3 is 14.6 Å². The van der Waals surface area contributed by atoms with Crippen LogP contribution in [-0.2, 0) is 7.05 Å². The topological polar surface area (TPSA) is 75.2 Å². The quantitative estimate of drug-likeness (QED) is 0.447. The first-order valence-corrected chi connectivity index (χ1v) is 6.64. The van der Waals surface area contributed by atoms with Gasteiger partial charge >= 0.3 is 6.02 Å². The van der Waals surface area contributed by atoms with Gasteiger partial charge in [-0.1, -0.05) is 24.3 Å². The molecule has 0 aliphatic rings. The first-order chi connectivity index (χ1) is 10.8. The molecule has 1 N–H and O–H groups in total. The minimum atomic E-state index is 0.104. The number of hydrogen-bond donors (Lipinski definition) is 1. The fraction of sp³-hybridized carbons (Fsp3) is 0.0625. The van der Waals surface area contributed by atoms with Crippen LogP contribution in [0.5, 0.6) is 5.75 Å². The number of nitrogens with one attached hydrogen (secondary N) is 1. The van der Waals surface area contributed by atoms with E-state index in [9.17, 15) is 0 Å². The predicted octanol–water partition coefficient (Wildman–Crippen LogP) is 2.90. The molecule has 3 aromatic rings. The smallest absolute Gasteiger partial charge is 0.310 e. The molecule has 3 rings (SSSR count). The van der Waals surface area contributed by atoms with Gasteiger partial charge in [-0.15, -0.1) is 4.99 Å². The lowest BCUT2D eigenvalue weighted by Crippen LogP contribution is -2.19. The Hall–Kier alpha value is -3.33. The van der Waals surface area contributed by atoms with Crippen LogP contribution >= 0.6 is 0 Å². The van der Waals surface area contributed by atoms with Crippen LogP contribution in [0.15, 0.2) is 59.9 Å². The van der Waals surface area contributed by atoms with Gasteiger partial charge in [0.05, 0.1) is 17.5 Å². The van der Waals surface area contributed by atoms with E-state index < -0.39 is 0 Å². The van der Waals surface area contributed by atoms with Gasteiger partial charge in [-0.2, -0.15) is 5.26 Å². The molecule has 0 saturated carbocycles. The summed E-state index contributed by atoms with van der Waals surface area (Å²) in [6.45, 7) is 0. The van der Waals surface area contributed by atoms with E-state index in [1.165, 1.54) is 0 Å². The van der Waals surface area contributed by atoms with E-state index in [1.807, 2.05) is 48.0 Å². The monoisotopic (exact) mass is 291 g/mol. The zero-order valence-corrected chi connectivity index (χ0v) is 11.9. The van der Waals surface area contributed by atoms with E-state index in [1.54, 1.807) is 24.7 Å². The average molecular weight is 291 g/mol. The zero-order chi connectivity index (χ0) is 15.4. The molecule has 6 nitrogen and oxygen atoms in total. The van der Waals surface area contributed by atoms with Crippen molar-refractivity contribution in [1.29, 1.82) is 5.26 Å². The molecular formula is C16H13N5O. The Morgan fingerprint density at radius 1 is 1.23 bits per heavy atom. The summed E-state index contributed by atoms with van der Waals surface area (Å²) in [7, 11) is 1.92. The molecule has 2 aromatic carbocycles. The Morgan fingerprint density at radius 2 is 2.05 bits per heavy atom. The largest absolute Gasteiger partial charge is 0.425 e. The second-order valence-corrected chi connectivity index (χ2v) is 4.59. The number of amidine groups is 1. The lowest BCUT2D eigenvalue weighted by Gasteiger charge is -2.10. The number of aryl methyl sites for hydroxylation is 1. The number of anilines is 1. The molecular weight excluding hydrogens is 278 g/mol. The van der Waals surface area contributed by atoms with E-state index in [0.29, 0.717) is 5.75 Å². The van der Waals surface area contributed by atoms with Crippen molar-refractivity contribution < 1.29 is 4.74 Å². The van der Waals surface area contributed by atoms with Crippen molar-refractivity contribution >= 4 is 22.7 Å². The molecule has 0 fully saturated rings. The number of benzene rings is 2. The molecule has 0 spiro atoms. The van der Waals surface area contributed by atoms with Crippen LogP contribution in [0, 0.1) is 11.5 Å². The molecule has 0 radical (unpaired) electrons. The lowest BCUT2D eigenvalue weighted by molar-refractivity contribution is 0.549. The molecule has 0 aliphatic heterocycles. The van der Waals surface area contributed by atoms with Crippen molar-refractivity contribution in [3.05, 3.63) is 54.9 Å². The maximum Gasteiger partial charge on any atom is 0.310 e. The summed E-state index contributed by atoms with van der Waals surface area (Å²) in [5.41, 5.74) is 2.48. The number of aliphatic imine (C=N–C) groups is 1. The Kier molecular flexibility index (Phi) is 3.70. The zero-order valence-electron chi connectivity index (χ0n) is 11.9. The summed E-state index contributed by atoms with van der Waals surface area (Å²) in [6.07, 6.45) is 3.47. The number of ether oxygens (including phenoxy) is 1. The van der Waals surface area contributed by atoms with E-state index in [0.717, 1.165) is 16.7 Å². The summed E-state index contributed by atoms with van der Waals surface area (Å²) < 4.78 is 7.51. The Labute approximate surface area is 127 Å². The average Bonchev–Trinajstić information content (AvgIpc) is 2.91. The molecule has 0 atom stereocenters. The minimum Gasteiger partial charge on any atom is -0.425 e. The molecule has 0 amide bonds. The molecule has 108 valence electrons. The number of imidazole rings is 1. The van der Waals surface area contributed by atoms with Gasteiger partial charge in [0.25, 0.3) is 0 Å². The van der Waals surface area contributed by atoms with Gasteiger partial charge in [0.1, 0.15) is 11.3 Å². The van der Waals surface area contributed by atoms with Crippen LogP contribution < -0.4 is 10.1 Å². The van der Waals surface area contributed by atoms with Crippen LogP contribution in [0.25, 0.3) is 11.0 Å². The van der Waals surface area contributed by atoms with E-state index >= 15 is 0 Å². The van der Waals surface area contributed by atoms with E-state index in [2.05, 4.69) is 15.3 Å². The SMILES string of the molecule is Cn1cnc2c(N/C(=N/C#N)Oc3ccccc3)cccc21. The Balaban J connectivity index is 1.91.